The molecule has 1 amide bonds. The van der Waals surface area contributed by atoms with Gasteiger partial charge in [-0.05, 0) is 38.8 Å². The molecule has 27 heavy (non-hydrogen) atoms. The molecular weight excluding hydrogens is 364 g/mol. The highest BCUT2D eigenvalue weighted by Gasteiger charge is 2.24. The average molecular weight is 388 g/mol. The molecule has 2 aromatic rings. The standard InChI is InChI=1S/C20H24N2O4S/c1-13-11-16(22-26-13)12-27-18-10-6-5-9-17(18)20(24)25-14(2)19(23)21-15-7-3-4-8-15/h5-6,9-11,14-15H,3-4,7-8,12H2,1-2H3,(H,21,23)/t14-/m1/s1. The number of carbonyl (C=O) groups excluding carboxylic acids is 2. The average Bonchev–Trinajstić information content (AvgIpc) is 3.31. The minimum absolute atomic E-state index is 0.201. The second-order valence-electron chi connectivity index (χ2n) is 6.75. The van der Waals surface area contributed by atoms with Crippen molar-refractivity contribution < 1.29 is 18.8 Å². The van der Waals surface area contributed by atoms with Crippen molar-refractivity contribution in [2.24, 2.45) is 0 Å². The van der Waals surface area contributed by atoms with Gasteiger partial charge in [-0.25, -0.2) is 4.79 Å². The van der Waals surface area contributed by atoms with E-state index < -0.39 is 12.1 Å². The lowest BCUT2D eigenvalue weighted by molar-refractivity contribution is -0.129. The lowest BCUT2D eigenvalue weighted by atomic mass is 10.2. The number of nitrogens with one attached hydrogen (secondary N) is 1. The highest BCUT2D eigenvalue weighted by Crippen LogP contribution is 2.27. The van der Waals surface area contributed by atoms with Crippen LogP contribution in [0.15, 0.2) is 39.8 Å². The quantitative estimate of drug-likeness (QED) is 0.573. The van der Waals surface area contributed by atoms with Gasteiger partial charge in [0.25, 0.3) is 5.91 Å². The normalized spacial score (nSPS) is 15.5. The van der Waals surface area contributed by atoms with E-state index in [2.05, 4.69) is 10.5 Å². The molecule has 0 spiro atoms. The summed E-state index contributed by atoms with van der Waals surface area (Å²) in [6.07, 6.45) is 3.43. The molecule has 0 saturated heterocycles. The van der Waals surface area contributed by atoms with Gasteiger partial charge in [0.2, 0.25) is 0 Å². The van der Waals surface area contributed by atoms with Crippen LogP contribution < -0.4 is 5.32 Å². The molecule has 1 N–H and O–H groups in total. The number of nitrogens with zero attached hydrogens (tertiary/aromatic N) is 1. The number of esters is 1. The predicted molar refractivity (Wildman–Crippen MR) is 103 cm³/mol. The number of amides is 1. The predicted octanol–water partition coefficient (Wildman–Crippen LogP) is 3.88. The van der Waals surface area contributed by atoms with Crippen LogP contribution >= 0.6 is 11.8 Å². The highest BCUT2D eigenvalue weighted by molar-refractivity contribution is 7.98. The molecule has 1 atom stereocenters. The van der Waals surface area contributed by atoms with Gasteiger partial charge in [-0.3, -0.25) is 4.79 Å². The molecular formula is C20H24N2O4S. The van der Waals surface area contributed by atoms with Crippen molar-refractivity contribution in [3.63, 3.8) is 0 Å². The molecule has 1 aromatic heterocycles. The first-order valence-corrected chi connectivity index (χ1v) is 10.2. The summed E-state index contributed by atoms with van der Waals surface area (Å²) in [5.41, 5.74) is 1.26. The van der Waals surface area contributed by atoms with Crippen molar-refractivity contribution in [2.75, 3.05) is 0 Å². The third-order valence-corrected chi connectivity index (χ3v) is 5.62. The Kier molecular flexibility index (Phi) is 6.55. The lowest BCUT2D eigenvalue weighted by Gasteiger charge is -2.17. The molecule has 1 fully saturated rings. The van der Waals surface area contributed by atoms with Gasteiger partial charge in [0.05, 0.1) is 11.3 Å². The summed E-state index contributed by atoms with van der Waals surface area (Å²) in [4.78, 5) is 25.6. The van der Waals surface area contributed by atoms with Crippen LogP contribution in [0.4, 0.5) is 0 Å². The van der Waals surface area contributed by atoms with Crippen LogP contribution in [0.1, 0.15) is 54.4 Å². The van der Waals surface area contributed by atoms with E-state index in [0.717, 1.165) is 42.0 Å². The van der Waals surface area contributed by atoms with Crippen LogP contribution in [-0.2, 0) is 15.3 Å². The lowest BCUT2D eigenvalue weighted by Crippen LogP contribution is -2.40. The minimum Gasteiger partial charge on any atom is -0.449 e. The molecule has 0 bridgehead atoms. The van der Waals surface area contributed by atoms with E-state index >= 15 is 0 Å². The van der Waals surface area contributed by atoms with Gasteiger partial charge in [-0.1, -0.05) is 30.1 Å². The van der Waals surface area contributed by atoms with E-state index in [9.17, 15) is 9.59 Å². The summed E-state index contributed by atoms with van der Waals surface area (Å²) in [7, 11) is 0. The first kappa shape index (κ1) is 19.5. The van der Waals surface area contributed by atoms with Gasteiger partial charge >= 0.3 is 5.97 Å². The van der Waals surface area contributed by atoms with Crippen molar-refractivity contribution in [1.82, 2.24) is 10.5 Å². The smallest absolute Gasteiger partial charge is 0.340 e. The van der Waals surface area contributed by atoms with Crippen LogP contribution in [0.5, 0.6) is 0 Å². The topological polar surface area (TPSA) is 81.4 Å². The summed E-state index contributed by atoms with van der Waals surface area (Å²) < 4.78 is 10.5. The number of benzene rings is 1. The van der Waals surface area contributed by atoms with E-state index in [1.165, 1.54) is 11.8 Å². The zero-order chi connectivity index (χ0) is 19.2. The van der Waals surface area contributed by atoms with Crippen LogP contribution in [0, 0.1) is 6.92 Å². The molecule has 0 aliphatic heterocycles. The van der Waals surface area contributed by atoms with Gasteiger partial charge in [-0.2, -0.15) is 0 Å². The fourth-order valence-corrected chi connectivity index (χ4v) is 3.99. The second-order valence-corrected chi connectivity index (χ2v) is 7.77. The van der Waals surface area contributed by atoms with Crippen LogP contribution in [-0.4, -0.2) is 29.2 Å². The molecule has 1 aromatic carbocycles. The number of hydrogen-bond donors (Lipinski definition) is 1. The Labute approximate surface area is 163 Å². The molecule has 144 valence electrons. The van der Waals surface area contributed by atoms with E-state index in [1.807, 2.05) is 25.1 Å². The Balaban J connectivity index is 1.59. The van der Waals surface area contributed by atoms with Gasteiger partial charge in [0.15, 0.2) is 6.10 Å². The molecule has 1 aliphatic carbocycles. The Morgan fingerprint density at radius 3 is 2.78 bits per heavy atom. The monoisotopic (exact) mass is 388 g/mol. The molecule has 1 heterocycles. The largest absolute Gasteiger partial charge is 0.449 e. The van der Waals surface area contributed by atoms with Crippen LogP contribution in [0.3, 0.4) is 0 Å². The minimum atomic E-state index is -0.825. The summed E-state index contributed by atoms with van der Waals surface area (Å²) in [5, 5.41) is 6.92. The summed E-state index contributed by atoms with van der Waals surface area (Å²) in [6.45, 7) is 3.45. The van der Waals surface area contributed by atoms with E-state index in [-0.39, 0.29) is 11.9 Å². The zero-order valence-electron chi connectivity index (χ0n) is 15.6. The first-order valence-electron chi connectivity index (χ1n) is 9.18. The molecule has 0 unspecified atom stereocenters. The molecule has 1 saturated carbocycles. The van der Waals surface area contributed by atoms with E-state index in [1.54, 1.807) is 19.1 Å². The summed E-state index contributed by atoms with van der Waals surface area (Å²) in [6, 6.07) is 9.28. The third kappa shape index (κ3) is 5.35. The first-order chi connectivity index (χ1) is 13.0. The zero-order valence-corrected chi connectivity index (χ0v) is 16.4. The fraction of sp³-hybridized carbons (Fsp3) is 0.450. The highest BCUT2D eigenvalue weighted by atomic mass is 32.2. The Morgan fingerprint density at radius 1 is 1.33 bits per heavy atom. The summed E-state index contributed by atoms with van der Waals surface area (Å²) in [5.74, 6) is 0.599. The number of rotatable bonds is 7. The maximum atomic E-state index is 12.6. The maximum Gasteiger partial charge on any atom is 0.340 e. The van der Waals surface area contributed by atoms with Crippen molar-refractivity contribution in [3.8, 4) is 0 Å². The van der Waals surface area contributed by atoms with Crippen molar-refractivity contribution in [1.29, 1.82) is 0 Å². The SMILES string of the molecule is Cc1cc(CSc2ccccc2C(=O)O[C@H](C)C(=O)NC2CCCC2)no1. The summed E-state index contributed by atoms with van der Waals surface area (Å²) >= 11 is 1.48. The van der Waals surface area contributed by atoms with E-state index in [0.29, 0.717) is 11.3 Å². The van der Waals surface area contributed by atoms with Gasteiger partial charge in [-0.15, -0.1) is 11.8 Å². The Bertz CT molecular complexity index is 799. The van der Waals surface area contributed by atoms with E-state index in [4.69, 9.17) is 9.26 Å². The fourth-order valence-electron chi connectivity index (χ4n) is 3.07. The number of thioether (sulfide) groups is 1. The van der Waals surface area contributed by atoms with Gasteiger partial charge < -0.3 is 14.6 Å². The van der Waals surface area contributed by atoms with Crippen molar-refractivity contribution >= 4 is 23.6 Å². The molecule has 7 heteroatoms. The number of aromatic nitrogens is 1. The Morgan fingerprint density at radius 2 is 2.07 bits per heavy atom. The van der Waals surface area contributed by atoms with Crippen LogP contribution in [0.25, 0.3) is 0 Å². The van der Waals surface area contributed by atoms with Crippen molar-refractivity contribution in [2.45, 2.75) is 62.3 Å². The Hall–Kier alpha value is -2.28. The second kappa shape index (κ2) is 9.08. The molecule has 6 nitrogen and oxygen atoms in total. The van der Waals surface area contributed by atoms with Crippen LogP contribution in [0.2, 0.25) is 0 Å². The number of hydrogen-bond acceptors (Lipinski definition) is 6. The van der Waals surface area contributed by atoms with Gasteiger partial charge in [0.1, 0.15) is 5.76 Å². The van der Waals surface area contributed by atoms with Crippen molar-refractivity contribution in [3.05, 3.63) is 47.3 Å². The maximum absolute atomic E-state index is 12.6. The number of aryl methyl sites for hydroxylation is 1. The number of carbonyl (C=O) groups is 2. The molecule has 1 aliphatic rings. The van der Waals surface area contributed by atoms with Gasteiger partial charge in [0, 0.05) is 22.8 Å². The third-order valence-electron chi connectivity index (χ3n) is 4.51. The number of ether oxygens (including phenoxy) is 1. The molecule has 3 rings (SSSR count). The molecule has 0 radical (unpaired) electrons.